The summed E-state index contributed by atoms with van der Waals surface area (Å²) in [5.41, 5.74) is 1.29. The van der Waals surface area contributed by atoms with Crippen LogP contribution >= 0.6 is 0 Å². The third kappa shape index (κ3) is 0.859. The second-order valence-electron chi connectivity index (χ2n) is 8.32. The molecule has 7 atom stereocenters. The van der Waals surface area contributed by atoms with E-state index >= 15 is 0 Å². The summed E-state index contributed by atoms with van der Waals surface area (Å²) < 4.78 is 0. The first-order valence-electron chi connectivity index (χ1n) is 8.55. The molecule has 0 radical (unpaired) electrons. The van der Waals surface area contributed by atoms with E-state index in [9.17, 15) is 15.8 Å². The largest absolute Gasteiger partial charge is 0.197 e. The van der Waals surface area contributed by atoms with Crippen LogP contribution in [0.25, 0.3) is 0 Å². The summed E-state index contributed by atoms with van der Waals surface area (Å²) in [6.45, 7) is 0. The minimum absolute atomic E-state index is 0.0751. The highest BCUT2D eigenvalue weighted by Crippen LogP contribution is 2.90. The summed E-state index contributed by atoms with van der Waals surface area (Å²) in [6.07, 6.45) is 2.74. The van der Waals surface area contributed by atoms with E-state index < -0.39 is 5.41 Å². The van der Waals surface area contributed by atoms with Crippen LogP contribution in [0.4, 0.5) is 0 Å². The smallest absolute Gasteiger partial charge is 0.147 e. The molecule has 0 bridgehead atoms. The monoisotopic (exact) mass is 297 g/mol. The Labute approximate surface area is 135 Å². The summed E-state index contributed by atoms with van der Waals surface area (Å²) in [6, 6.07) is 15.9. The number of rotatable bonds is 0. The lowest BCUT2D eigenvalue weighted by Gasteiger charge is -2.31. The fraction of sp³-hybridized carbons (Fsp3) is 0.550. The van der Waals surface area contributed by atoms with Crippen molar-refractivity contribution in [1.82, 2.24) is 0 Å². The van der Waals surface area contributed by atoms with E-state index in [-0.39, 0.29) is 16.7 Å². The summed E-state index contributed by atoms with van der Waals surface area (Å²) in [4.78, 5) is 0. The Hall–Kier alpha value is -2.31. The standard InChI is InChI=1S/C20H15N3/c21-8-18(9-22)7-19-12-3-1-2-4-13(12)20(10-23)16(17(19)20)11-5-6-14(18)15(11)19/h1-4,11,14-17H,5-7H2/t11-,14+,15?,16?,17?,19-,20?/m1/s1. The first kappa shape index (κ1) is 12.2. The maximum Gasteiger partial charge on any atom is 0.147 e. The van der Waals surface area contributed by atoms with Crippen molar-refractivity contribution in [1.29, 1.82) is 15.8 Å². The van der Waals surface area contributed by atoms with E-state index in [0.29, 0.717) is 30.1 Å². The SMILES string of the molecule is N#CC12c3ccccc3[C@@]34CC(C#N)(C#N)[C@H]5CC[C@@H](C1C23)C54. The van der Waals surface area contributed by atoms with E-state index in [1.807, 2.05) is 6.07 Å². The Kier molecular flexibility index (Phi) is 1.67. The Morgan fingerprint density at radius 2 is 1.65 bits per heavy atom. The van der Waals surface area contributed by atoms with Gasteiger partial charge in [-0.15, -0.1) is 0 Å². The predicted octanol–water partition coefficient (Wildman–Crippen LogP) is 3.04. The minimum atomic E-state index is -0.842. The molecule has 0 heterocycles. The molecule has 1 aromatic carbocycles. The second-order valence-corrected chi connectivity index (χ2v) is 8.32. The number of hydrogen-bond acceptors (Lipinski definition) is 3. The normalized spacial score (nSPS) is 51.1. The lowest BCUT2D eigenvalue weighted by Crippen LogP contribution is -2.31. The molecule has 5 aliphatic carbocycles. The molecule has 1 aromatic rings. The van der Waals surface area contributed by atoms with Gasteiger partial charge in [-0.05, 0) is 60.0 Å². The van der Waals surface area contributed by atoms with Gasteiger partial charge in [-0.1, -0.05) is 24.3 Å². The van der Waals surface area contributed by atoms with Crippen molar-refractivity contribution in [2.45, 2.75) is 30.1 Å². The van der Waals surface area contributed by atoms with Gasteiger partial charge in [0.25, 0.3) is 0 Å². The summed E-state index contributed by atoms with van der Waals surface area (Å²) in [5.74, 6) is 2.03. The van der Waals surface area contributed by atoms with Gasteiger partial charge in [-0.2, -0.15) is 15.8 Å². The molecule has 4 fully saturated rings. The fourth-order valence-corrected chi connectivity index (χ4v) is 7.99. The zero-order valence-corrected chi connectivity index (χ0v) is 12.7. The number of nitriles is 3. The first-order valence-corrected chi connectivity index (χ1v) is 8.55. The molecule has 0 aliphatic heterocycles. The molecule has 1 spiro atoms. The van der Waals surface area contributed by atoms with Gasteiger partial charge in [0.15, 0.2) is 0 Å². The number of fused-ring (bicyclic) bond motifs is 4. The van der Waals surface area contributed by atoms with Crippen molar-refractivity contribution in [3.05, 3.63) is 35.4 Å². The highest BCUT2D eigenvalue weighted by atomic mass is 14.9. The lowest BCUT2D eigenvalue weighted by molar-refractivity contribution is 0.248. The molecular formula is C20H15N3. The first-order chi connectivity index (χ1) is 11.2. The van der Waals surface area contributed by atoms with Crippen LogP contribution in [0, 0.1) is 69.0 Å². The van der Waals surface area contributed by atoms with Crippen molar-refractivity contribution in [3.8, 4) is 18.2 Å². The molecule has 0 saturated heterocycles. The van der Waals surface area contributed by atoms with E-state index in [1.165, 1.54) is 11.1 Å². The molecule has 0 amide bonds. The Bertz CT molecular complexity index is 898. The number of nitrogens with zero attached hydrogens (tertiary/aromatic N) is 3. The van der Waals surface area contributed by atoms with Crippen LogP contribution < -0.4 is 0 Å². The highest BCUT2D eigenvalue weighted by molar-refractivity contribution is 5.66. The van der Waals surface area contributed by atoms with Gasteiger partial charge in [-0.3, -0.25) is 0 Å². The molecule has 110 valence electrons. The van der Waals surface area contributed by atoms with Gasteiger partial charge < -0.3 is 0 Å². The van der Waals surface area contributed by atoms with Gasteiger partial charge in [-0.25, -0.2) is 0 Å². The van der Waals surface area contributed by atoms with Gasteiger partial charge in [0.1, 0.15) is 5.41 Å². The maximum absolute atomic E-state index is 10.0. The molecule has 0 aromatic heterocycles. The molecule has 5 aliphatic rings. The van der Waals surface area contributed by atoms with E-state index in [0.717, 1.165) is 12.8 Å². The van der Waals surface area contributed by atoms with Crippen molar-refractivity contribution in [2.24, 2.45) is 35.0 Å². The Balaban J connectivity index is 1.70. The zero-order chi connectivity index (χ0) is 15.6. The van der Waals surface area contributed by atoms with Gasteiger partial charge in [0, 0.05) is 5.41 Å². The Morgan fingerprint density at radius 3 is 2.35 bits per heavy atom. The van der Waals surface area contributed by atoms with Gasteiger partial charge in [0.2, 0.25) is 0 Å². The van der Waals surface area contributed by atoms with E-state index in [1.54, 1.807) is 0 Å². The number of benzene rings is 1. The molecule has 3 nitrogen and oxygen atoms in total. The molecule has 4 unspecified atom stereocenters. The van der Waals surface area contributed by atoms with E-state index in [4.69, 9.17) is 0 Å². The van der Waals surface area contributed by atoms with Crippen LogP contribution in [0.2, 0.25) is 0 Å². The molecule has 0 N–H and O–H groups in total. The fourth-order valence-electron chi connectivity index (χ4n) is 7.99. The van der Waals surface area contributed by atoms with Crippen molar-refractivity contribution in [3.63, 3.8) is 0 Å². The predicted molar refractivity (Wildman–Crippen MR) is 80.4 cm³/mol. The minimum Gasteiger partial charge on any atom is -0.197 e. The van der Waals surface area contributed by atoms with E-state index in [2.05, 4.69) is 36.4 Å². The lowest BCUT2D eigenvalue weighted by atomic mass is 9.71. The van der Waals surface area contributed by atoms with Crippen LogP contribution in [0.1, 0.15) is 30.4 Å². The van der Waals surface area contributed by atoms with Crippen LogP contribution in [-0.2, 0) is 10.8 Å². The Morgan fingerprint density at radius 1 is 0.913 bits per heavy atom. The average molecular weight is 297 g/mol. The molecule has 6 rings (SSSR count). The molecule has 3 heteroatoms. The summed E-state index contributed by atoms with van der Waals surface area (Å²) in [7, 11) is 0. The zero-order valence-electron chi connectivity index (χ0n) is 12.7. The second kappa shape index (κ2) is 3.16. The average Bonchev–Trinajstić information content (AvgIpc) is 2.89. The topological polar surface area (TPSA) is 71.4 Å². The van der Waals surface area contributed by atoms with Crippen molar-refractivity contribution >= 4 is 0 Å². The quantitative estimate of drug-likeness (QED) is 0.739. The van der Waals surface area contributed by atoms with Crippen molar-refractivity contribution < 1.29 is 0 Å². The third-order valence-electron chi connectivity index (χ3n) is 8.25. The van der Waals surface area contributed by atoms with Crippen molar-refractivity contribution in [2.75, 3.05) is 0 Å². The molecule has 23 heavy (non-hydrogen) atoms. The third-order valence-corrected chi connectivity index (χ3v) is 8.25. The number of hydrogen-bond donors (Lipinski definition) is 0. The van der Waals surface area contributed by atoms with Crippen LogP contribution in [0.3, 0.4) is 0 Å². The van der Waals surface area contributed by atoms with Crippen LogP contribution in [0.5, 0.6) is 0 Å². The van der Waals surface area contributed by atoms with Gasteiger partial charge in [0.05, 0.1) is 23.6 Å². The summed E-state index contributed by atoms with van der Waals surface area (Å²) >= 11 is 0. The molecule has 4 saturated carbocycles. The molecular weight excluding hydrogens is 282 g/mol. The summed E-state index contributed by atoms with van der Waals surface area (Å²) in [5, 5.41) is 29.7. The maximum atomic E-state index is 10.0. The highest BCUT2D eigenvalue weighted by Gasteiger charge is 2.91. The van der Waals surface area contributed by atoms with Gasteiger partial charge >= 0.3 is 0 Å². The van der Waals surface area contributed by atoms with Crippen LogP contribution in [0.15, 0.2) is 24.3 Å². The van der Waals surface area contributed by atoms with Crippen LogP contribution in [-0.4, -0.2) is 0 Å².